The molecule has 1 aromatic rings. The first-order valence-corrected chi connectivity index (χ1v) is 13.5. The van der Waals surface area contributed by atoms with E-state index in [1.54, 1.807) is 24.3 Å². The van der Waals surface area contributed by atoms with Gasteiger partial charge in [0.1, 0.15) is 13.2 Å². The van der Waals surface area contributed by atoms with E-state index in [4.69, 9.17) is 33.2 Å². The summed E-state index contributed by atoms with van der Waals surface area (Å²) < 4.78 is 37.3. The molecule has 9 heteroatoms. The van der Waals surface area contributed by atoms with Crippen molar-refractivity contribution >= 4 is 11.9 Å². The minimum atomic E-state index is -0.356. The number of unbranched alkanes of at least 4 members (excludes halogenated alkanes) is 5. The molecular weight excluding hydrogens is 480 g/mol. The van der Waals surface area contributed by atoms with Gasteiger partial charge in [-0.2, -0.15) is 0 Å². The van der Waals surface area contributed by atoms with Crippen molar-refractivity contribution in [1.29, 1.82) is 0 Å². The molecule has 9 nitrogen and oxygen atoms in total. The van der Waals surface area contributed by atoms with Crippen molar-refractivity contribution in [2.24, 2.45) is 0 Å². The molecule has 0 spiro atoms. The van der Waals surface area contributed by atoms with Crippen LogP contribution in [-0.4, -0.2) is 91.2 Å². The standard InChI is InChI=1S/C28H46O9/c1-2-3-4-5-6-10-13-27(29)36-24-22-34-20-18-32-16-14-31-15-17-33-19-21-35-23-25-37-28(30)26-11-8-7-9-12-26/h7-9,11-12H,2-6,10,13-25H2,1H3. The molecule has 0 N–H and O–H groups in total. The number of carbonyl (C=O) groups is 2. The molecule has 0 aromatic heterocycles. The van der Waals surface area contributed by atoms with Gasteiger partial charge in [0.05, 0.1) is 71.6 Å². The summed E-state index contributed by atoms with van der Waals surface area (Å²) in [5, 5.41) is 0. The maximum atomic E-state index is 11.7. The molecule has 37 heavy (non-hydrogen) atoms. The van der Waals surface area contributed by atoms with Crippen LogP contribution in [0.25, 0.3) is 0 Å². The number of benzene rings is 1. The van der Waals surface area contributed by atoms with Crippen LogP contribution < -0.4 is 0 Å². The van der Waals surface area contributed by atoms with Gasteiger partial charge in [0.2, 0.25) is 0 Å². The minimum Gasteiger partial charge on any atom is -0.463 e. The van der Waals surface area contributed by atoms with E-state index in [0.717, 1.165) is 12.8 Å². The number of carbonyl (C=O) groups excluding carboxylic acids is 2. The van der Waals surface area contributed by atoms with E-state index in [1.807, 2.05) is 6.07 Å². The Hall–Kier alpha value is -2.04. The summed E-state index contributed by atoms with van der Waals surface area (Å²) in [6.07, 6.45) is 7.41. The van der Waals surface area contributed by atoms with Crippen molar-refractivity contribution in [1.82, 2.24) is 0 Å². The van der Waals surface area contributed by atoms with E-state index in [0.29, 0.717) is 78.1 Å². The fourth-order valence-corrected chi connectivity index (χ4v) is 3.17. The van der Waals surface area contributed by atoms with Gasteiger partial charge < -0.3 is 33.2 Å². The Labute approximate surface area is 222 Å². The Bertz CT molecular complexity index is 654. The average molecular weight is 527 g/mol. The SMILES string of the molecule is CCCCCCCCC(=O)OCCOCCOCCOCCOCCOCCOC(=O)c1ccccc1. The second-order valence-corrected chi connectivity index (χ2v) is 8.30. The molecule has 0 bridgehead atoms. The molecular formula is C28H46O9. The second kappa shape index (κ2) is 25.6. The zero-order valence-corrected chi connectivity index (χ0v) is 22.5. The molecule has 212 valence electrons. The van der Waals surface area contributed by atoms with E-state index >= 15 is 0 Å². The van der Waals surface area contributed by atoms with Gasteiger partial charge in [-0.05, 0) is 18.6 Å². The summed E-state index contributed by atoms with van der Waals surface area (Å²) in [7, 11) is 0. The molecule has 0 radical (unpaired) electrons. The van der Waals surface area contributed by atoms with Crippen molar-refractivity contribution in [2.75, 3.05) is 79.3 Å². The highest BCUT2D eigenvalue weighted by Crippen LogP contribution is 2.07. The van der Waals surface area contributed by atoms with Gasteiger partial charge in [0.15, 0.2) is 0 Å². The topological polar surface area (TPSA) is 98.8 Å². The highest BCUT2D eigenvalue weighted by molar-refractivity contribution is 5.89. The van der Waals surface area contributed by atoms with Crippen molar-refractivity contribution in [3.05, 3.63) is 35.9 Å². The summed E-state index contributed by atoms with van der Waals surface area (Å²) >= 11 is 0. The first-order valence-electron chi connectivity index (χ1n) is 13.5. The molecule has 0 fully saturated rings. The van der Waals surface area contributed by atoms with Crippen LogP contribution in [0.3, 0.4) is 0 Å². The molecule has 0 heterocycles. The fourth-order valence-electron chi connectivity index (χ4n) is 3.17. The molecule has 1 aromatic carbocycles. The van der Waals surface area contributed by atoms with Crippen molar-refractivity contribution in [3.8, 4) is 0 Å². The minimum absolute atomic E-state index is 0.147. The average Bonchev–Trinajstić information content (AvgIpc) is 2.92. The lowest BCUT2D eigenvalue weighted by Gasteiger charge is -2.08. The molecule has 0 amide bonds. The lowest BCUT2D eigenvalue weighted by molar-refractivity contribution is -0.145. The van der Waals surface area contributed by atoms with Crippen LogP contribution in [0.4, 0.5) is 0 Å². The third-order valence-corrected chi connectivity index (χ3v) is 5.18. The number of hydrogen-bond acceptors (Lipinski definition) is 9. The van der Waals surface area contributed by atoms with Gasteiger partial charge >= 0.3 is 11.9 Å². The van der Waals surface area contributed by atoms with Crippen molar-refractivity contribution < 1.29 is 42.7 Å². The van der Waals surface area contributed by atoms with Gasteiger partial charge in [0.25, 0.3) is 0 Å². The van der Waals surface area contributed by atoms with Gasteiger partial charge in [-0.25, -0.2) is 4.79 Å². The predicted octanol–water partition coefficient (Wildman–Crippen LogP) is 4.22. The van der Waals surface area contributed by atoms with Gasteiger partial charge in [-0.15, -0.1) is 0 Å². The lowest BCUT2D eigenvalue weighted by atomic mass is 10.1. The Balaban J connectivity index is 1.71. The first-order chi connectivity index (χ1) is 18.2. The van der Waals surface area contributed by atoms with Crippen LogP contribution in [-0.2, 0) is 38.0 Å². The third-order valence-electron chi connectivity index (χ3n) is 5.18. The molecule has 0 atom stereocenters. The van der Waals surface area contributed by atoms with E-state index in [9.17, 15) is 9.59 Å². The molecule has 0 saturated carbocycles. The highest BCUT2D eigenvalue weighted by atomic mass is 16.6. The molecule has 0 saturated heterocycles. The highest BCUT2D eigenvalue weighted by Gasteiger charge is 2.05. The van der Waals surface area contributed by atoms with E-state index < -0.39 is 0 Å². The molecule has 1 rings (SSSR count). The van der Waals surface area contributed by atoms with Crippen LogP contribution in [0.5, 0.6) is 0 Å². The van der Waals surface area contributed by atoms with E-state index in [-0.39, 0.29) is 25.2 Å². The first kappa shape index (κ1) is 33.0. The van der Waals surface area contributed by atoms with Gasteiger partial charge in [0, 0.05) is 6.42 Å². The van der Waals surface area contributed by atoms with E-state index in [1.165, 1.54) is 25.7 Å². The maximum absolute atomic E-state index is 11.7. The summed E-state index contributed by atoms with van der Waals surface area (Å²) in [5.41, 5.74) is 0.526. The zero-order chi connectivity index (χ0) is 26.7. The number of hydrogen-bond donors (Lipinski definition) is 0. The summed E-state index contributed by atoms with van der Waals surface area (Å²) in [4.78, 5) is 23.4. The third kappa shape index (κ3) is 21.7. The molecule has 0 unspecified atom stereocenters. The zero-order valence-electron chi connectivity index (χ0n) is 22.5. The molecule has 0 aliphatic rings. The Kier molecular flexibility index (Phi) is 22.8. The van der Waals surface area contributed by atoms with Crippen molar-refractivity contribution in [2.45, 2.75) is 51.9 Å². The lowest BCUT2D eigenvalue weighted by Crippen LogP contribution is -2.15. The van der Waals surface area contributed by atoms with Crippen LogP contribution >= 0.6 is 0 Å². The van der Waals surface area contributed by atoms with Gasteiger partial charge in [-0.3, -0.25) is 4.79 Å². The quantitative estimate of drug-likeness (QED) is 0.130. The summed E-state index contributed by atoms with van der Waals surface area (Å²) in [6, 6.07) is 8.85. The summed E-state index contributed by atoms with van der Waals surface area (Å²) in [6.45, 7) is 7.04. The van der Waals surface area contributed by atoms with Crippen LogP contribution in [0.2, 0.25) is 0 Å². The second-order valence-electron chi connectivity index (χ2n) is 8.30. The fraction of sp³-hybridized carbons (Fsp3) is 0.714. The van der Waals surface area contributed by atoms with Crippen molar-refractivity contribution in [3.63, 3.8) is 0 Å². The van der Waals surface area contributed by atoms with Crippen LogP contribution in [0.15, 0.2) is 30.3 Å². The summed E-state index contributed by atoms with van der Waals surface area (Å²) in [5.74, 6) is -0.503. The van der Waals surface area contributed by atoms with E-state index in [2.05, 4.69) is 6.92 Å². The maximum Gasteiger partial charge on any atom is 0.338 e. The van der Waals surface area contributed by atoms with Gasteiger partial charge in [-0.1, -0.05) is 57.2 Å². The number of esters is 2. The van der Waals surface area contributed by atoms with Crippen LogP contribution in [0, 0.1) is 0 Å². The Morgan fingerprint density at radius 1 is 0.541 bits per heavy atom. The smallest absolute Gasteiger partial charge is 0.338 e. The number of rotatable bonds is 26. The molecule has 0 aliphatic heterocycles. The molecule has 0 aliphatic carbocycles. The largest absolute Gasteiger partial charge is 0.463 e. The van der Waals surface area contributed by atoms with Crippen LogP contribution in [0.1, 0.15) is 62.2 Å². The predicted molar refractivity (Wildman–Crippen MR) is 140 cm³/mol. The Morgan fingerprint density at radius 2 is 0.973 bits per heavy atom. The normalized spacial score (nSPS) is 10.9. The number of ether oxygens (including phenoxy) is 7. The Morgan fingerprint density at radius 3 is 1.49 bits per heavy atom. The monoisotopic (exact) mass is 526 g/mol.